The van der Waals surface area contributed by atoms with Gasteiger partial charge in [0.15, 0.2) is 0 Å². The second kappa shape index (κ2) is 5.84. The number of carboxylic acid groups (broad SMARTS) is 1. The van der Waals surface area contributed by atoms with Crippen molar-refractivity contribution in [1.29, 1.82) is 0 Å². The summed E-state index contributed by atoms with van der Waals surface area (Å²) in [7, 11) is 0. The molecule has 1 aliphatic rings. The van der Waals surface area contributed by atoms with E-state index in [2.05, 4.69) is 0 Å². The van der Waals surface area contributed by atoms with Crippen LogP contribution in [0.2, 0.25) is 0 Å². The quantitative estimate of drug-likeness (QED) is 0.740. The summed E-state index contributed by atoms with van der Waals surface area (Å²) in [6.07, 6.45) is 2.09. The first-order valence-corrected chi connectivity index (χ1v) is 5.71. The number of piperidine rings is 1. The molecule has 0 saturated carbocycles. The van der Waals surface area contributed by atoms with Gasteiger partial charge in [-0.15, -0.1) is 0 Å². The highest BCUT2D eigenvalue weighted by Crippen LogP contribution is 2.20. The number of rotatable bonds is 4. The van der Waals surface area contributed by atoms with E-state index in [1.54, 1.807) is 11.8 Å². The molecule has 1 amide bonds. The maximum atomic E-state index is 11.8. The molecule has 1 heterocycles. The number of nitrogens with zero attached hydrogens (tertiary/aromatic N) is 1. The molecular weight excluding hydrogens is 210 g/mol. The Morgan fingerprint density at radius 3 is 2.62 bits per heavy atom. The van der Waals surface area contributed by atoms with Gasteiger partial charge in [-0.05, 0) is 26.2 Å². The zero-order chi connectivity index (χ0) is 12.1. The molecule has 1 saturated heterocycles. The number of hydrogen-bond donors (Lipinski definition) is 2. The molecule has 5 heteroatoms. The molecule has 0 radical (unpaired) electrons. The first-order chi connectivity index (χ1) is 7.52. The van der Waals surface area contributed by atoms with Gasteiger partial charge in [0, 0.05) is 13.0 Å². The average molecular weight is 229 g/mol. The van der Waals surface area contributed by atoms with Crippen molar-refractivity contribution in [2.24, 2.45) is 0 Å². The zero-order valence-electron chi connectivity index (χ0n) is 9.56. The highest BCUT2D eigenvalue weighted by molar-refractivity contribution is 5.81. The highest BCUT2D eigenvalue weighted by atomic mass is 16.4. The maximum absolute atomic E-state index is 11.8. The Morgan fingerprint density at radius 1 is 1.38 bits per heavy atom. The van der Waals surface area contributed by atoms with Crippen LogP contribution in [0.1, 0.15) is 39.0 Å². The molecule has 2 N–H and O–H groups in total. The third kappa shape index (κ3) is 3.48. The second-order valence-electron chi connectivity index (χ2n) is 4.28. The summed E-state index contributed by atoms with van der Waals surface area (Å²) < 4.78 is 0. The molecule has 2 atom stereocenters. The predicted octanol–water partition coefficient (Wildman–Crippen LogP) is 0.613. The third-order valence-corrected chi connectivity index (χ3v) is 2.98. The van der Waals surface area contributed by atoms with E-state index < -0.39 is 12.1 Å². The van der Waals surface area contributed by atoms with Gasteiger partial charge in [0.2, 0.25) is 5.91 Å². The van der Waals surface area contributed by atoms with Crippen LogP contribution in [0.3, 0.4) is 0 Å². The van der Waals surface area contributed by atoms with Gasteiger partial charge in [-0.25, -0.2) is 0 Å². The fourth-order valence-corrected chi connectivity index (χ4v) is 2.13. The Labute approximate surface area is 95.1 Å². The van der Waals surface area contributed by atoms with Crippen LogP contribution in [-0.2, 0) is 9.59 Å². The number of aliphatic hydroxyl groups is 1. The Balaban J connectivity index is 2.53. The van der Waals surface area contributed by atoms with Gasteiger partial charge in [-0.3, -0.25) is 9.59 Å². The average Bonchev–Trinajstić information content (AvgIpc) is 2.25. The minimum Gasteiger partial charge on any atom is -0.481 e. The van der Waals surface area contributed by atoms with Crippen molar-refractivity contribution < 1.29 is 19.8 Å². The smallest absolute Gasteiger partial charge is 0.303 e. The molecule has 5 nitrogen and oxygen atoms in total. The van der Waals surface area contributed by atoms with Crippen LogP contribution in [0.15, 0.2) is 0 Å². The fraction of sp³-hybridized carbons (Fsp3) is 0.818. The molecule has 0 bridgehead atoms. The van der Waals surface area contributed by atoms with E-state index in [1.807, 2.05) is 0 Å². The molecule has 1 aliphatic heterocycles. The van der Waals surface area contributed by atoms with Crippen molar-refractivity contribution >= 4 is 11.9 Å². The minimum absolute atomic E-state index is 0.0263. The van der Waals surface area contributed by atoms with E-state index in [0.717, 1.165) is 19.3 Å². The SMILES string of the molecule is C[C@H](O)[C@H]1CCCCN1C(=O)CCC(=O)O. The lowest BCUT2D eigenvalue weighted by atomic mass is 9.97. The van der Waals surface area contributed by atoms with Gasteiger partial charge < -0.3 is 15.1 Å². The molecule has 92 valence electrons. The Bertz CT molecular complexity index is 265. The van der Waals surface area contributed by atoms with Gasteiger partial charge in [-0.1, -0.05) is 0 Å². The van der Waals surface area contributed by atoms with E-state index in [0.29, 0.717) is 6.54 Å². The lowest BCUT2D eigenvalue weighted by molar-refractivity contribution is -0.143. The fourth-order valence-electron chi connectivity index (χ4n) is 2.13. The van der Waals surface area contributed by atoms with Crippen LogP contribution < -0.4 is 0 Å². The van der Waals surface area contributed by atoms with E-state index in [-0.39, 0.29) is 24.8 Å². The van der Waals surface area contributed by atoms with Crippen molar-refractivity contribution in [3.63, 3.8) is 0 Å². The van der Waals surface area contributed by atoms with E-state index in [1.165, 1.54) is 0 Å². The molecule has 1 rings (SSSR count). The van der Waals surface area contributed by atoms with Gasteiger partial charge in [-0.2, -0.15) is 0 Å². The monoisotopic (exact) mass is 229 g/mol. The summed E-state index contributed by atoms with van der Waals surface area (Å²) >= 11 is 0. The molecule has 16 heavy (non-hydrogen) atoms. The number of hydrogen-bond acceptors (Lipinski definition) is 3. The number of likely N-dealkylation sites (tertiary alicyclic amines) is 1. The summed E-state index contributed by atoms with van der Waals surface area (Å²) in [5.74, 6) is -1.12. The third-order valence-electron chi connectivity index (χ3n) is 2.98. The van der Waals surface area contributed by atoms with E-state index >= 15 is 0 Å². The molecule has 0 spiro atoms. The van der Waals surface area contributed by atoms with Gasteiger partial charge >= 0.3 is 5.97 Å². The Morgan fingerprint density at radius 2 is 2.06 bits per heavy atom. The standard InChI is InChI=1S/C11H19NO4/c1-8(13)9-4-2-3-7-12(9)10(14)5-6-11(15)16/h8-9,13H,2-7H2,1H3,(H,15,16)/t8-,9+/m0/s1. The maximum Gasteiger partial charge on any atom is 0.303 e. The van der Waals surface area contributed by atoms with Crippen molar-refractivity contribution in [2.45, 2.75) is 51.2 Å². The van der Waals surface area contributed by atoms with Crippen LogP contribution in [-0.4, -0.2) is 45.7 Å². The van der Waals surface area contributed by atoms with E-state index in [9.17, 15) is 14.7 Å². The molecule has 0 aromatic heterocycles. The summed E-state index contributed by atoms with van der Waals surface area (Å²) in [5.41, 5.74) is 0. The van der Waals surface area contributed by atoms with Crippen LogP contribution >= 0.6 is 0 Å². The van der Waals surface area contributed by atoms with Crippen molar-refractivity contribution in [1.82, 2.24) is 4.90 Å². The lowest BCUT2D eigenvalue weighted by Gasteiger charge is -2.37. The van der Waals surface area contributed by atoms with Crippen LogP contribution in [0, 0.1) is 0 Å². The summed E-state index contributed by atoms with van der Waals surface area (Å²) in [4.78, 5) is 23.8. The first kappa shape index (κ1) is 13.0. The van der Waals surface area contributed by atoms with Crippen molar-refractivity contribution in [3.8, 4) is 0 Å². The molecule has 0 aromatic carbocycles. The first-order valence-electron chi connectivity index (χ1n) is 5.71. The number of carboxylic acids is 1. The topological polar surface area (TPSA) is 77.8 Å². The Kier molecular flexibility index (Phi) is 4.73. The Hall–Kier alpha value is -1.10. The largest absolute Gasteiger partial charge is 0.481 e. The summed E-state index contributed by atoms with van der Waals surface area (Å²) in [6.45, 7) is 2.31. The summed E-state index contributed by atoms with van der Waals surface area (Å²) in [5, 5.41) is 18.1. The second-order valence-corrected chi connectivity index (χ2v) is 4.28. The number of aliphatic carboxylic acids is 1. The molecule has 0 aliphatic carbocycles. The van der Waals surface area contributed by atoms with Gasteiger partial charge in [0.25, 0.3) is 0 Å². The molecule has 0 unspecified atom stereocenters. The van der Waals surface area contributed by atoms with Crippen LogP contribution in [0.5, 0.6) is 0 Å². The molecule has 1 fully saturated rings. The van der Waals surface area contributed by atoms with Gasteiger partial charge in [0.05, 0.1) is 18.6 Å². The number of aliphatic hydroxyl groups excluding tert-OH is 1. The summed E-state index contributed by atoms with van der Waals surface area (Å²) in [6, 6.07) is -0.143. The van der Waals surface area contributed by atoms with Crippen LogP contribution in [0.25, 0.3) is 0 Å². The van der Waals surface area contributed by atoms with Gasteiger partial charge in [0.1, 0.15) is 0 Å². The molecule has 0 aromatic rings. The normalized spacial score (nSPS) is 22.9. The van der Waals surface area contributed by atoms with Crippen molar-refractivity contribution in [2.75, 3.05) is 6.54 Å². The number of carbonyl (C=O) groups excluding carboxylic acids is 1. The van der Waals surface area contributed by atoms with Crippen molar-refractivity contribution in [3.05, 3.63) is 0 Å². The number of carbonyl (C=O) groups is 2. The predicted molar refractivity (Wildman–Crippen MR) is 57.9 cm³/mol. The zero-order valence-corrected chi connectivity index (χ0v) is 9.56. The minimum atomic E-state index is -0.959. The van der Waals surface area contributed by atoms with Crippen LogP contribution in [0.4, 0.5) is 0 Å². The number of amides is 1. The van der Waals surface area contributed by atoms with E-state index in [4.69, 9.17) is 5.11 Å². The lowest BCUT2D eigenvalue weighted by Crippen LogP contribution is -2.48. The molecular formula is C11H19NO4. The highest BCUT2D eigenvalue weighted by Gasteiger charge is 2.29.